The Balaban J connectivity index is 1.97. The van der Waals surface area contributed by atoms with Crippen molar-refractivity contribution < 1.29 is 22.6 Å². The smallest absolute Gasteiger partial charge is 0.435 e. The second-order valence-corrected chi connectivity index (χ2v) is 5.33. The van der Waals surface area contributed by atoms with Gasteiger partial charge in [-0.05, 0) is 18.6 Å². The Kier molecular flexibility index (Phi) is 4.98. The predicted octanol–water partition coefficient (Wildman–Crippen LogP) is 3.79. The van der Waals surface area contributed by atoms with Crippen molar-refractivity contribution >= 4 is 0 Å². The van der Waals surface area contributed by atoms with Crippen LogP contribution in [0.5, 0.6) is 17.5 Å². The summed E-state index contributed by atoms with van der Waals surface area (Å²) in [5.41, 5.74) is -0.280. The van der Waals surface area contributed by atoms with Gasteiger partial charge in [-0.2, -0.15) is 27.9 Å². The van der Waals surface area contributed by atoms with Crippen molar-refractivity contribution in [3.63, 3.8) is 0 Å². The zero-order valence-corrected chi connectivity index (χ0v) is 14.1. The van der Waals surface area contributed by atoms with Crippen LogP contribution >= 0.6 is 0 Å². The van der Waals surface area contributed by atoms with E-state index in [1.807, 2.05) is 19.1 Å². The molecule has 138 valence electrons. The number of hydrogen-bond donors (Lipinski definition) is 0. The monoisotopic (exact) mass is 374 g/mol. The van der Waals surface area contributed by atoms with E-state index in [0.29, 0.717) is 5.75 Å². The van der Waals surface area contributed by atoms with Gasteiger partial charge in [-0.15, -0.1) is 6.42 Å². The standard InChI is InChI=1S/C18H13F3N4O2/c1-3-10-26-16-11-14(18(19,20)21)24-25(16)17-22-9-8-15(23-17)27-13-7-5-4-6-12(13)2/h1,4-9,11H,10H2,2H3. The van der Waals surface area contributed by atoms with Gasteiger partial charge in [0.25, 0.3) is 5.95 Å². The van der Waals surface area contributed by atoms with E-state index in [-0.39, 0.29) is 24.3 Å². The molecule has 0 fully saturated rings. The highest BCUT2D eigenvalue weighted by Crippen LogP contribution is 2.32. The number of aryl methyl sites for hydroxylation is 1. The van der Waals surface area contributed by atoms with Crippen molar-refractivity contribution in [1.82, 2.24) is 19.7 Å². The normalized spacial score (nSPS) is 11.1. The largest absolute Gasteiger partial charge is 0.464 e. The molecule has 0 N–H and O–H groups in total. The summed E-state index contributed by atoms with van der Waals surface area (Å²) in [6.45, 7) is 1.62. The first-order chi connectivity index (χ1) is 12.9. The number of nitrogens with zero attached hydrogens (tertiary/aromatic N) is 4. The summed E-state index contributed by atoms with van der Waals surface area (Å²) in [7, 11) is 0. The minimum Gasteiger partial charge on any atom is -0.464 e. The lowest BCUT2D eigenvalue weighted by molar-refractivity contribution is -0.141. The van der Waals surface area contributed by atoms with Gasteiger partial charge in [0.2, 0.25) is 11.8 Å². The molecule has 0 saturated carbocycles. The summed E-state index contributed by atoms with van der Waals surface area (Å²) in [6, 6.07) is 9.45. The summed E-state index contributed by atoms with van der Waals surface area (Å²) in [5.74, 6) is 2.50. The minimum atomic E-state index is -4.66. The molecule has 3 rings (SSSR count). The van der Waals surface area contributed by atoms with Crippen molar-refractivity contribution in [2.24, 2.45) is 0 Å². The molecule has 9 heteroatoms. The van der Waals surface area contributed by atoms with E-state index in [4.69, 9.17) is 15.9 Å². The van der Waals surface area contributed by atoms with Crippen LogP contribution in [0.4, 0.5) is 13.2 Å². The lowest BCUT2D eigenvalue weighted by Crippen LogP contribution is -2.10. The Morgan fingerprint density at radius 2 is 2.00 bits per heavy atom. The minimum absolute atomic E-state index is 0.140. The van der Waals surface area contributed by atoms with Gasteiger partial charge in [0.15, 0.2) is 12.3 Å². The number of benzene rings is 1. The van der Waals surface area contributed by atoms with Crippen LogP contribution in [0.2, 0.25) is 0 Å². The Morgan fingerprint density at radius 1 is 1.22 bits per heavy atom. The molecule has 0 aliphatic carbocycles. The first-order valence-electron chi connectivity index (χ1n) is 7.69. The number of alkyl halides is 3. The SMILES string of the molecule is C#CCOc1cc(C(F)(F)F)nn1-c1nccc(Oc2ccccc2C)n1. The number of halogens is 3. The summed E-state index contributed by atoms with van der Waals surface area (Å²) < 4.78 is 50.6. The van der Waals surface area contributed by atoms with Crippen molar-refractivity contribution in [3.05, 3.63) is 53.9 Å². The first-order valence-corrected chi connectivity index (χ1v) is 7.69. The second-order valence-electron chi connectivity index (χ2n) is 5.33. The van der Waals surface area contributed by atoms with Crippen LogP contribution in [0, 0.1) is 19.3 Å². The predicted molar refractivity (Wildman–Crippen MR) is 89.7 cm³/mol. The van der Waals surface area contributed by atoms with Crippen LogP contribution < -0.4 is 9.47 Å². The summed E-state index contributed by atoms with van der Waals surface area (Å²) in [6.07, 6.45) is 1.79. The number of ether oxygens (including phenoxy) is 2. The molecule has 0 atom stereocenters. The highest BCUT2D eigenvalue weighted by atomic mass is 19.4. The van der Waals surface area contributed by atoms with E-state index >= 15 is 0 Å². The maximum Gasteiger partial charge on any atom is 0.435 e. The highest BCUT2D eigenvalue weighted by Gasteiger charge is 2.36. The van der Waals surface area contributed by atoms with Crippen molar-refractivity contribution in [1.29, 1.82) is 0 Å². The molecule has 0 bridgehead atoms. The molecule has 0 spiro atoms. The van der Waals surface area contributed by atoms with E-state index in [2.05, 4.69) is 21.0 Å². The molecule has 1 aromatic carbocycles. The number of aromatic nitrogens is 4. The molecule has 3 aromatic rings. The highest BCUT2D eigenvalue weighted by molar-refractivity contribution is 5.35. The quantitative estimate of drug-likeness (QED) is 0.636. The number of terminal acetylenes is 1. The Morgan fingerprint density at radius 3 is 2.70 bits per heavy atom. The molecule has 2 aromatic heterocycles. The molecular formula is C18H13F3N4O2. The van der Waals surface area contributed by atoms with E-state index in [1.165, 1.54) is 12.3 Å². The van der Waals surface area contributed by atoms with Gasteiger partial charge in [0.05, 0.1) is 0 Å². The summed E-state index contributed by atoms with van der Waals surface area (Å²) >= 11 is 0. The van der Waals surface area contributed by atoms with Crippen LogP contribution in [-0.4, -0.2) is 26.4 Å². The molecule has 0 unspecified atom stereocenters. The molecule has 27 heavy (non-hydrogen) atoms. The molecule has 6 nitrogen and oxygen atoms in total. The van der Waals surface area contributed by atoms with Gasteiger partial charge in [0.1, 0.15) is 5.75 Å². The number of rotatable bonds is 5. The topological polar surface area (TPSA) is 62.1 Å². The molecule has 0 aliphatic heterocycles. The Labute approximate surface area is 152 Å². The molecule has 0 aliphatic rings. The summed E-state index contributed by atoms with van der Waals surface area (Å²) in [4.78, 5) is 8.06. The molecule has 2 heterocycles. The zero-order valence-electron chi connectivity index (χ0n) is 14.1. The fourth-order valence-electron chi connectivity index (χ4n) is 2.14. The van der Waals surface area contributed by atoms with Crippen molar-refractivity contribution in [3.8, 4) is 35.8 Å². The van der Waals surface area contributed by atoms with Crippen LogP contribution in [0.15, 0.2) is 42.6 Å². The van der Waals surface area contributed by atoms with Crippen molar-refractivity contribution in [2.75, 3.05) is 6.61 Å². The van der Waals surface area contributed by atoms with Gasteiger partial charge in [-0.3, -0.25) is 0 Å². The fraction of sp³-hybridized carbons (Fsp3) is 0.167. The van der Waals surface area contributed by atoms with E-state index in [1.54, 1.807) is 12.1 Å². The van der Waals surface area contributed by atoms with E-state index in [9.17, 15) is 13.2 Å². The van der Waals surface area contributed by atoms with Gasteiger partial charge in [-0.25, -0.2) is 4.98 Å². The van der Waals surface area contributed by atoms with Gasteiger partial charge < -0.3 is 9.47 Å². The van der Waals surface area contributed by atoms with Crippen LogP contribution in [0.1, 0.15) is 11.3 Å². The van der Waals surface area contributed by atoms with E-state index < -0.39 is 11.9 Å². The van der Waals surface area contributed by atoms with Crippen LogP contribution in [0.3, 0.4) is 0 Å². The molecule has 0 saturated heterocycles. The third-order valence-corrected chi connectivity index (χ3v) is 3.39. The lowest BCUT2D eigenvalue weighted by atomic mass is 10.2. The lowest BCUT2D eigenvalue weighted by Gasteiger charge is -2.09. The summed E-state index contributed by atoms with van der Waals surface area (Å²) in [5, 5.41) is 3.49. The van der Waals surface area contributed by atoms with Gasteiger partial charge in [-0.1, -0.05) is 24.1 Å². The van der Waals surface area contributed by atoms with Gasteiger partial charge in [0, 0.05) is 18.3 Å². The Bertz CT molecular complexity index is 993. The molecule has 0 radical (unpaired) electrons. The van der Waals surface area contributed by atoms with Crippen LogP contribution in [0.25, 0.3) is 5.95 Å². The molecule has 0 amide bonds. The fourth-order valence-corrected chi connectivity index (χ4v) is 2.14. The van der Waals surface area contributed by atoms with Gasteiger partial charge >= 0.3 is 6.18 Å². The van der Waals surface area contributed by atoms with Crippen LogP contribution in [-0.2, 0) is 6.18 Å². The third kappa shape index (κ3) is 4.17. The molecular weight excluding hydrogens is 361 g/mol. The van der Waals surface area contributed by atoms with E-state index in [0.717, 1.165) is 16.3 Å². The maximum absolute atomic E-state index is 13.0. The Hall–Kier alpha value is -3.54. The third-order valence-electron chi connectivity index (χ3n) is 3.39. The average Bonchev–Trinajstić information content (AvgIpc) is 3.07. The average molecular weight is 374 g/mol. The second kappa shape index (κ2) is 7.37. The number of para-hydroxylation sites is 1. The number of hydrogen-bond acceptors (Lipinski definition) is 5. The first kappa shape index (κ1) is 18.3. The van der Waals surface area contributed by atoms with Crippen molar-refractivity contribution in [2.45, 2.75) is 13.1 Å². The maximum atomic E-state index is 13.0. The zero-order chi connectivity index (χ0) is 19.4.